The highest BCUT2D eigenvalue weighted by atomic mass is 19.4. The number of halogens is 3. The van der Waals surface area contributed by atoms with Crippen molar-refractivity contribution in [2.75, 3.05) is 20.2 Å². The molecule has 2 aromatic carbocycles. The number of alkyl halides is 3. The Balaban J connectivity index is 1.59. The molecular formula is C23H21F3N2O3. The lowest BCUT2D eigenvalue weighted by Gasteiger charge is -2.34. The molecule has 1 atom stereocenters. The molecule has 3 rings (SSSR count). The topological polar surface area (TPSA) is 58.6 Å². The van der Waals surface area contributed by atoms with E-state index in [1.807, 2.05) is 24.3 Å². The molecule has 1 amide bonds. The van der Waals surface area contributed by atoms with Gasteiger partial charge in [-0.1, -0.05) is 42.2 Å². The van der Waals surface area contributed by atoms with Gasteiger partial charge in [-0.3, -0.25) is 14.5 Å². The molecule has 0 aromatic heterocycles. The third-order valence-electron chi connectivity index (χ3n) is 4.96. The summed E-state index contributed by atoms with van der Waals surface area (Å²) in [7, 11) is 1.31. The Morgan fingerprint density at radius 3 is 2.61 bits per heavy atom. The van der Waals surface area contributed by atoms with E-state index in [2.05, 4.69) is 17.2 Å². The van der Waals surface area contributed by atoms with Gasteiger partial charge in [-0.25, -0.2) is 0 Å². The molecule has 1 N–H and O–H groups in total. The molecule has 31 heavy (non-hydrogen) atoms. The molecule has 1 unspecified atom stereocenters. The fraction of sp³-hybridized carbons (Fsp3) is 0.304. The molecule has 1 heterocycles. The Labute approximate surface area is 178 Å². The molecule has 1 aliphatic rings. The summed E-state index contributed by atoms with van der Waals surface area (Å²) in [6.45, 7) is 0.376. The van der Waals surface area contributed by atoms with E-state index in [4.69, 9.17) is 4.74 Å². The number of methoxy groups -OCH3 is 1. The van der Waals surface area contributed by atoms with Gasteiger partial charge >= 0.3 is 12.1 Å². The standard InChI is InChI=1S/C23H21F3N2O3/c1-31-22(30)20-13-17-8-2-3-9-18(17)14-28(20)15-21(29)27-11-5-7-16-6-4-10-19(12-16)23(24,25)26/h2-4,6,8-10,12,20H,11,13-15H2,1H3,(H,27,29). The predicted molar refractivity (Wildman–Crippen MR) is 108 cm³/mol. The summed E-state index contributed by atoms with van der Waals surface area (Å²) >= 11 is 0. The van der Waals surface area contributed by atoms with E-state index in [-0.39, 0.29) is 24.6 Å². The van der Waals surface area contributed by atoms with Crippen LogP contribution in [-0.4, -0.2) is 43.0 Å². The first-order valence-corrected chi connectivity index (χ1v) is 9.59. The quantitative estimate of drug-likeness (QED) is 0.599. The average molecular weight is 430 g/mol. The highest BCUT2D eigenvalue weighted by Crippen LogP contribution is 2.29. The number of esters is 1. The molecule has 0 saturated heterocycles. The van der Waals surface area contributed by atoms with Gasteiger partial charge in [0.2, 0.25) is 5.91 Å². The molecule has 0 bridgehead atoms. The molecular weight excluding hydrogens is 409 g/mol. The highest BCUT2D eigenvalue weighted by molar-refractivity contribution is 5.81. The number of hydrogen-bond acceptors (Lipinski definition) is 4. The maximum atomic E-state index is 12.7. The number of hydrogen-bond donors (Lipinski definition) is 1. The van der Waals surface area contributed by atoms with E-state index in [1.165, 1.54) is 19.2 Å². The van der Waals surface area contributed by atoms with Gasteiger partial charge in [0.25, 0.3) is 0 Å². The smallest absolute Gasteiger partial charge is 0.416 e. The van der Waals surface area contributed by atoms with Crippen LogP contribution in [0.1, 0.15) is 22.3 Å². The van der Waals surface area contributed by atoms with Crippen LogP contribution in [0.2, 0.25) is 0 Å². The number of carbonyl (C=O) groups excluding carboxylic acids is 2. The van der Waals surface area contributed by atoms with Crippen molar-refractivity contribution < 1.29 is 27.5 Å². The van der Waals surface area contributed by atoms with Crippen molar-refractivity contribution in [2.24, 2.45) is 0 Å². The monoisotopic (exact) mass is 430 g/mol. The first kappa shape index (κ1) is 22.4. The first-order valence-electron chi connectivity index (χ1n) is 9.59. The number of ether oxygens (including phenoxy) is 1. The van der Waals surface area contributed by atoms with Crippen molar-refractivity contribution in [1.29, 1.82) is 0 Å². The lowest BCUT2D eigenvalue weighted by atomic mass is 9.94. The minimum absolute atomic E-state index is 0.0254. The van der Waals surface area contributed by atoms with Gasteiger partial charge < -0.3 is 10.1 Å². The Morgan fingerprint density at radius 2 is 1.90 bits per heavy atom. The number of benzene rings is 2. The third kappa shape index (κ3) is 5.86. The average Bonchev–Trinajstić information content (AvgIpc) is 2.75. The Morgan fingerprint density at radius 1 is 1.16 bits per heavy atom. The van der Waals surface area contributed by atoms with Crippen LogP contribution < -0.4 is 5.32 Å². The molecule has 5 nitrogen and oxygen atoms in total. The zero-order valence-corrected chi connectivity index (χ0v) is 16.8. The number of nitrogens with one attached hydrogen (secondary N) is 1. The van der Waals surface area contributed by atoms with Crippen molar-refractivity contribution >= 4 is 11.9 Å². The van der Waals surface area contributed by atoms with Crippen LogP contribution >= 0.6 is 0 Å². The van der Waals surface area contributed by atoms with Gasteiger partial charge in [0.15, 0.2) is 0 Å². The van der Waals surface area contributed by atoms with Crippen molar-refractivity contribution in [3.63, 3.8) is 0 Å². The Kier molecular flexibility index (Phi) is 6.98. The summed E-state index contributed by atoms with van der Waals surface area (Å²) in [6, 6.07) is 11.8. The molecule has 8 heteroatoms. The number of amides is 1. The van der Waals surface area contributed by atoms with Crippen molar-refractivity contribution in [1.82, 2.24) is 10.2 Å². The van der Waals surface area contributed by atoms with Crippen LogP contribution in [0.4, 0.5) is 13.2 Å². The van der Waals surface area contributed by atoms with E-state index < -0.39 is 23.8 Å². The molecule has 0 spiro atoms. The number of carbonyl (C=O) groups is 2. The summed E-state index contributed by atoms with van der Waals surface area (Å²) < 4.78 is 43.1. The minimum Gasteiger partial charge on any atom is -0.468 e. The molecule has 0 fully saturated rings. The number of fused-ring (bicyclic) bond motifs is 1. The van der Waals surface area contributed by atoms with Crippen molar-refractivity contribution in [3.05, 3.63) is 70.8 Å². The SMILES string of the molecule is COC(=O)C1Cc2ccccc2CN1CC(=O)NCC#Cc1cccc(C(F)(F)F)c1. The minimum atomic E-state index is -4.44. The van der Waals surface area contributed by atoms with Gasteiger partial charge in [0.05, 0.1) is 25.8 Å². The second-order valence-corrected chi connectivity index (χ2v) is 7.07. The maximum absolute atomic E-state index is 12.7. The van der Waals surface area contributed by atoms with Crippen LogP contribution in [0.25, 0.3) is 0 Å². The van der Waals surface area contributed by atoms with E-state index in [1.54, 1.807) is 4.90 Å². The van der Waals surface area contributed by atoms with Crippen molar-refractivity contribution in [3.8, 4) is 11.8 Å². The Bertz CT molecular complexity index is 1020. The lowest BCUT2D eigenvalue weighted by Crippen LogP contribution is -2.50. The highest BCUT2D eigenvalue weighted by Gasteiger charge is 2.33. The normalized spacial score (nSPS) is 15.9. The summed E-state index contributed by atoms with van der Waals surface area (Å²) in [6.07, 6.45) is -3.99. The van der Waals surface area contributed by atoms with Crippen LogP contribution in [-0.2, 0) is 33.5 Å². The summed E-state index contributed by atoms with van der Waals surface area (Å²) in [4.78, 5) is 26.3. The van der Waals surface area contributed by atoms with Crippen molar-refractivity contribution in [2.45, 2.75) is 25.2 Å². The predicted octanol–water partition coefficient (Wildman–Crippen LogP) is 2.77. The third-order valence-corrected chi connectivity index (χ3v) is 4.96. The molecule has 2 aromatic rings. The van der Waals surface area contributed by atoms with Crippen LogP contribution in [0, 0.1) is 11.8 Å². The van der Waals surface area contributed by atoms with Crippen LogP contribution in [0.15, 0.2) is 48.5 Å². The van der Waals surface area contributed by atoms with Gasteiger partial charge in [0, 0.05) is 12.1 Å². The van der Waals surface area contributed by atoms with Crippen LogP contribution in [0.5, 0.6) is 0 Å². The zero-order valence-electron chi connectivity index (χ0n) is 16.8. The van der Waals surface area contributed by atoms with Gasteiger partial charge in [-0.2, -0.15) is 13.2 Å². The molecule has 1 aliphatic heterocycles. The molecule has 162 valence electrons. The summed E-state index contributed by atoms with van der Waals surface area (Å²) in [5, 5.41) is 2.62. The fourth-order valence-corrected chi connectivity index (χ4v) is 3.41. The van der Waals surface area contributed by atoms with E-state index >= 15 is 0 Å². The first-order chi connectivity index (χ1) is 14.8. The maximum Gasteiger partial charge on any atom is 0.416 e. The molecule has 0 aliphatic carbocycles. The summed E-state index contributed by atoms with van der Waals surface area (Å²) in [5.74, 6) is 4.51. The number of nitrogens with zero attached hydrogens (tertiary/aromatic N) is 1. The van der Waals surface area contributed by atoms with E-state index in [0.29, 0.717) is 13.0 Å². The number of rotatable bonds is 4. The molecule has 0 saturated carbocycles. The van der Waals surface area contributed by atoms with Crippen LogP contribution in [0.3, 0.4) is 0 Å². The van der Waals surface area contributed by atoms with Gasteiger partial charge in [-0.15, -0.1) is 0 Å². The van der Waals surface area contributed by atoms with Gasteiger partial charge in [0.1, 0.15) is 6.04 Å². The lowest BCUT2D eigenvalue weighted by molar-refractivity contribution is -0.148. The Hall–Kier alpha value is -3.31. The molecule has 0 radical (unpaired) electrons. The van der Waals surface area contributed by atoms with E-state index in [0.717, 1.165) is 23.3 Å². The second-order valence-electron chi connectivity index (χ2n) is 7.07. The summed E-state index contributed by atoms with van der Waals surface area (Å²) in [5.41, 5.74) is 1.52. The van der Waals surface area contributed by atoms with E-state index in [9.17, 15) is 22.8 Å². The van der Waals surface area contributed by atoms with Gasteiger partial charge in [-0.05, 0) is 35.7 Å². The zero-order chi connectivity index (χ0) is 22.4. The second kappa shape index (κ2) is 9.67. The fourth-order valence-electron chi connectivity index (χ4n) is 3.41. The largest absolute Gasteiger partial charge is 0.468 e.